The first-order valence-electron chi connectivity index (χ1n) is 8.45. The van der Waals surface area contributed by atoms with E-state index in [0.717, 1.165) is 19.4 Å². The van der Waals surface area contributed by atoms with E-state index in [0.29, 0.717) is 11.0 Å². The molecule has 5 rings (SSSR count). The predicted molar refractivity (Wildman–Crippen MR) is 113 cm³/mol. The molecule has 0 atom stereocenters. The van der Waals surface area contributed by atoms with Crippen molar-refractivity contribution in [3.8, 4) is 10.8 Å². The minimum Gasteiger partial charge on any atom is -0.422 e. The quantitative estimate of drug-likeness (QED) is 0.293. The van der Waals surface area contributed by atoms with Crippen molar-refractivity contribution >= 4 is 60.9 Å². The monoisotopic (exact) mass is 467 g/mol. The van der Waals surface area contributed by atoms with Crippen LogP contribution in [0.1, 0.15) is 10.4 Å². The van der Waals surface area contributed by atoms with Crippen LogP contribution in [-0.4, -0.2) is 16.1 Å². The van der Waals surface area contributed by atoms with Crippen LogP contribution in [0, 0.1) is 0 Å². The molecule has 0 spiro atoms. The molecule has 0 bridgehead atoms. The Balaban J connectivity index is 1.51. The number of anilines is 1. The zero-order chi connectivity index (χ0) is 20.0. The van der Waals surface area contributed by atoms with Crippen LogP contribution in [-0.2, 0) is 0 Å². The van der Waals surface area contributed by atoms with Crippen molar-refractivity contribution in [2.45, 2.75) is 0 Å². The normalized spacial score (nSPS) is 11.2. The van der Waals surface area contributed by atoms with E-state index in [2.05, 4.69) is 31.4 Å². The molecule has 0 saturated heterocycles. The van der Waals surface area contributed by atoms with Crippen LogP contribution in [0.3, 0.4) is 0 Å². The Morgan fingerprint density at radius 3 is 2.69 bits per heavy atom. The number of hydrogen-bond acceptors (Lipinski definition) is 7. The summed E-state index contributed by atoms with van der Waals surface area (Å²) in [5.74, 6) is -0.413. The highest BCUT2D eigenvalue weighted by atomic mass is 79.9. The topological polar surface area (TPSA) is 98.2 Å². The smallest absolute Gasteiger partial charge is 0.349 e. The van der Waals surface area contributed by atoms with Crippen molar-refractivity contribution < 1.29 is 13.6 Å². The third-order valence-corrected chi connectivity index (χ3v) is 5.93. The van der Waals surface area contributed by atoms with Crippen molar-refractivity contribution in [3.05, 3.63) is 74.4 Å². The van der Waals surface area contributed by atoms with Gasteiger partial charge in [-0.25, -0.2) is 4.79 Å². The summed E-state index contributed by atoms with van der Waals surface area (Å²) >= 11 is 4.78. The van der Waals surface area contributed by atoms with Gasteiger partial charge in [0.05, 0.1) is 8.66 Å². The van der Waals surface area contributed by atoms with Gasteiger partial charge < -0.3 is 8.83 Å². The van der Waals surface area contributed by atoms with Gasteiger partial charge in [-0.2, -0.15) is 0 Å². The van der Waals surface area contributed by atoms with Crippen LogP contribution in [0.25, 0.3) is 32.5 Å². The summed E-state index contributed by atoms with van der Waals surface area (Å²) in [7, 11) is 0. The maximum Gasteiger partial charge on any atom is 0.349 e. The van der Waals surface area contributed by atoms with E-state index in [9.17, 15) is 9.59 Å². The van der Waals surface area contributed by atoms with Crippen LogP contribution in [0.15, 0.2) is 72.0 Å². The van der Waals surface area contributed by atoms with Crippen molar-refractivity contribution in [2.24, 2.45) is 0 Å². The van der Waals surface area contributed by atoms with Crippen molar-refractivity contribution in [1.82, 2.24) is 10.2 Å². The molecule has 7 nitrogen and oxygen atoms in total. The number of aromatic nitrogens is 2. The van der Waals surface area contributed by atoms with Gasteiger partial charge in [-0.3, -0.25) is 10.1 Å². The Labute approximate surface area is 175 Å². The van der Waals surface area contributed by atoms with Crippen LogP contribution in [0.5, 0.6) is 0 Å². The minimum atomic E-state index is -0.743. The van der Waals surface area contributed by atoms with E-state index in [1.54, 1.807) is 6.07 Å². The lowest BCUT2D eigenvalue weighted by Gasteiger charge is -2.05. The largest absolute Gasteiger partial charge is 0.422 e. The molecule has 0 unspecified atom stereocenters. The number of hydrogen-bond donors (Lipinski definition) is 1. The Bertz CT molecular complexity index is 1450. The first-order valence-corrected chi connectivity index (χ1v) is 10.1. The molecule has 3 heterocycles. The van der Waals surface area contributed by atoms with Gasteiger partial charge in [-0.1, -0.05) is 35.4 Å². The molecular formula is C20H10BrN3O4S. The SMILES string of the molecule is O=C(Nc1nnc(-c2ccc(Br)s2)o1)c1cc2c(ccc3ccccc32)oc1=O. The number of nitrogens with one attached hydrogen (secondary N) is 1. The number of thiophene rings is 1. The molecule has 0 aliphatic rings. The fourth-order valence-corrected chi connectivity index (χ4v) is 4.30. The van der Waals surface area contributed by atoms with E-state index in [4.69, 9.17) is 8.83 Å². The first kappa shape index (κ1) is 17.8. The Hall–Kier alpha value is -3.30. The van der Waals surface area contributed by atoms with Gasteiger partial charge in [0, 0.05) is 5.39 Å². The van der Waals surface area contributed by atoms with E-state index in [1.165, 1.54) is 17.4 Å². The van der Waals surface area contributed by atoms with Gasteiger partial charge in [0.1, 0.15) is 11.1 Å². The zero-order valence-electron chi connectivity index (χ0n) is 14.5. The fraction of sp³-hybridized carbons (Fsp3) is 0. The standard InChI is InChI=1S/C20H10BrN3O4S/c21-16-8-7-15(29-16)18-23-24-20(28-18)22-17(25)13-9-12-11-4-2-1-3-10(11)5-6-14(12)27-19(13)26/h1-9H,(H,22,24,25). The van der Waals surface area contributed by atoms with Gasteiger partial charge in [0.2, 0.25) is 0 Å². The number of fused-ring (bicyclic) bond motifs is 3. The van der Waals surface area contributed by atoms with E-state index < -0.39 is 11.5 Å². The molecule has 3 aromatic heterocycles. The molecule has 142 valence electrons. The second-order valence-electron chi connectivity index (χ2n) is 6.12. The third kappa shape index (κ3) is 3.24. The van der Waals surface area contributed by atoms with Crippen molar-refractivity contribution in [2.75, 3.05) is 5.32 Å². The molecule has 0 aliphatic carbocycles. The summed E-state index contributed by atoms with van der Waals surface area (Å²) in [6.07, 6.45) is 0. The molecule has 0 fully saturated rings. The van der Waals surface area contributed by atoms with E-state index >= 15 is 0 Å². The lowest BCUT2D eigenvalue weighted by atomic mass is 10.0. The number of amides is 1. The summed E-state index contributed by atoms with van der Waals surface area (Å²) < 4.78 is 11.7. The van der Waals surface area contributed by atoms with Crippen molar-refractivity contribution in [1.29, 1.82) is 0 Å². The van der Waals surface area contributed by atoms with E-state index in [1.807, 2.05) is 42.5 Å². The van der Waals surface area contributed by atoms with Gasteiger partial charge >= 0.3 is 11.6 Å². The number of benzene rings is 2. The lowest BCUT2D eigenvalue weighted by Crippen LogP contribution is -2.20. The van der Waals surface area contributed by atoms with Crippen LogP contribution in [0.2, 0.25) is 0 Å². The predicted octanol–water partition coefficient (Wildman–Crippen LogP) is 5.07. The van der Waals surface area contributed by atoms with Gasteiger partial charge in [-0.05, 0) is 51.0 Å². The number of carbonyl (C=O) groups is 1. The number of rotatable bonds is 3. The molecule has 5 aromatic rings. The highest BCUT2D eigenvalue weighted by Crippen LogP contribution is 2.31. The van der Waals surface area contributed by atoms with Crippen LogP contribution >= 0.6 is 27.3 Å². The maximum absolute atomic E-state index is 12.7. The molecule has 1 N–H and O–H groups in total. The molecule has 2 aromatic carbocycles. The zero-order valence-corrected chi connectivity index (χ0v) is 16.9. The molecular weight excluding hydrogens is 458 g/mol. The molecule has 9 heteroatoms. The van der Waals surface area contributed by atoms with Gasteiger partial charge in [0.25, 0.3) is 11.8 Å². The number of halogens is 1. The van der Waals surface area contributed by atoms with Crippen LogP contribution in [0.4, 0.5) is 6.01 Å². The third-order valence-electron chi connectivity index (χ3n) is 4.32. The van der Waals surface area contributed by atoms with E-state index in [-0.39, 0.29) is 17.5 Å². The highest BCUT2D eigenvalue weighted by Gasteiger charge is 2.18. The van der Waals surface area contributed by atoms with Gasteiger partial charge in [-0.15, -0.1) is 16.4 Å². The number of carbonyl (C=O) groups excluding carboxylic acids is 1. The summed E-state index contributed by atoms with van der Waals surface area (Å²) in [6, 6.07) is 16.3. The maximum atomic E-state index is 12.7. The summed E-state index contributed by atoms with van der Waals surface area (Å²) in [6.45, 7) is 0. The fourth-order valence-electron chi connectivity index (χ4n) is 3.00. The molecule has 1 amide bonds. The second kappa shape index (κ2) is 6.94. The average molecular weight is 468 g/mol. The Kier molecular flexibility index (Phi) is 4.26. The van der Waals surface area contributed by atoms with Gasteiger partial charge in [0.15, 0.2) is 0 Å². The van der Waals surface area contributed by atoms with Crippen molar-refractivity contribution in [3.63, 3.8) is 0 Å². The Morgan fingerprint density at radius 1 is 1.00 bits per heavy atom. The minimum absolute atomic E-state index is 0.105. The summed E-state index contributed by atoms with van der Waals surface area (Å²) in [4.78, 5) is 25.7. The average Bonchev–Trinajstić information content (AvgIpc) is 3.36. The lowest BCUT2D eigenvalue weighted by molar-refractivity contribution is 0.102. The number of nitrogens with zero attached hydrogens (tertiary/aromatic N) is 2. The first-order chi connectivity index (χ1) is 14.1. The molecule has 0 aliphatic heterocycles. The summed E-state index contributed by atoms with van der Waals surface area (Å²) in [5.41, 5.74) is -0.478. The highest BCUT2D eigenvalue weighted by molar-refractivity contribution is 9.11. The molecule has 0 radical (unpaired) electrons. The van der Waals surface area contributed by atoms with Crippen LogP contribution < -0.4 is 10.9 Å². The molecule has 29 heavy (non-hydrogen) atoms. The molecule has 0 saturated carbocycles. The Morgan fingerprint density at radius 2 is 1.86 bits per heavy atom. The summed E-state index contributed by atoms with van der Waals surface area (Å²) in [5, 5.41) is 12.7. The second-order valence-corrected chi connectivity index (χ2v) is 8.58.